The number of hydrogen-bond donors (Lipinski definition) is 0. The maximum absolute atomic E-state index is 12.7. The Hall–Kier alpha value is -2.06. The summed E-state index contributed by atoms with van der Waals surface area (Å²) in [7, 11) is -3.12. The van der Waals surface area contributed by atoms with E-state index in [1.807, 2.05) is 25.7 Å². The summed E-state index contributed by atoms with van der Waals surface area (Å²) in [5.74, 6) is 0. The molecule has 3 aliphatic heterocycles. The van der Waals surface area contributed by atoms with E-state index in [9.17, 15) is 13.2 Å². The van der Waals surface area contributed by atoms with Crippen LogP contribution in [0.15, 0.2) is 30.3 Å². The van der Waals surface area contributed by atoms with E-state index in [-0.39, 0.29) is 18.2 Å². The molecule has 0 aliphatic carbocycles. The Bertz CT molecular complexity index is 958. The molecule has 0 saturated carbocycles. The summed E-state index contributed by atoms with van der Waals surface area (Å²) in [6.45, 7) is 8.15. The van der Waals surface area contributed by atoms with Crippen LogP contribution in [0.25, 0.3) is 5.57 Å². The van der Waals surface area contributed by atoms with Crippen molar-refractivity contribution in [2.75, 3.05) is 37.3 Å². The van der Waals surface area contributed by atoms with Crippen molar-refractivity contribution < 1.29 is 17.9 Å². The minimum absolute atomic E-state index is 0.104. The van der Waals surface area contributed by atoms with Crippen LogP contribution in [0, 0.1) is 0 Å². The Kier molecular flexibility index (Phi) is 5.81. The van der Waals surface area contributed by atoms with E-state index in [1.165, 1.54) is 21.7 Å². The fourth-order valence-electron chi connectivity index (χ4n) is 4.81. The van der Waals surface area contributed by atoms with E-state index < -0.39 is 15.6 Å². The van der Waals surface area contributed by atoms with Gasteiger partial charge in [0.05, 0.1) is 12.3 Å². The third kappa shape index (κ3) is 4.90. The minimum atomic E-state index is -3.12. The monoisotopic (exact) mass is 447 g/mol. The first-order chi connectivity index (χ1) is 14.5. The SMILES string of the molecule is CC(C)(C)OC(=O)N1C2C=C(c3ccc(N4CCN(S(C)(=O)=O)CC4)cc3)CC1CC2. The Balaban J connectivity index is 1.42. The molecule has 2 atom stereocenters. The van der Waals surface area contributed by atoms with E-state index >= 15 is 0 Å². The highest BCUT2D eigenvalue weighted by atomic mass is 32.2. The molecule has 8 heteroatoms. The molecular formula is C23H33N3O4S. The molecule has 2 saturated heterocycles. The van der Waals surface area contributed by atoms with Gasteiger partial charge in [0.25, 0.3) is 0 Å². The second-order valence-corrected chi connectivity index (χ2v) is 11.8. The summed E-state index contributed by atoms with van der Waals surface area (Å²) in [5.41, 5.74) is 3.12. The molecule has 31 heavy (non-hydrogen) atoms. The highest BCUT2D eigenvalue weighted by Crippen LogP contribution is 2.39. The van der Waals surface area contributed by atoms with Crippen molar-refractivity contribution in [2.45, 2.75) is 57.7 Å². The van der Waals surface area contributed by atoms with Gasteiger partial charge in [0.2, 0.25) is 10.0 Å². The minimum Gasteiger partial charge on any atom is -0.444 e. The van der Waals surface area contributed by atoms with Crippen LogP contribution >= 0.6 is 0 Å². The van der Waals surface area contributed by atoms with Gasteiger partial charge in [-0.2, -0.15) is 4.31 Å². The molecule has 2 unspecified atom stereocenters. The Labute approximate surface area is 185 Å². The van der Waals surface area contributed by atoms with E-state index in [4.69, 9.17) is 4.74 Å². The first-order valence-corrected chi connectivity index (χ1v) is 12.9. The number of benzene rings is 1. The summed E-state index contributed by atoms with van der Waals surface area (Å²) >= 11 is 0. The van der Waals surface area contributed by atoms with Gasteiger partial charge in [0, 0.05) is 37.9 Å². The lowest BCUT2D eigenvalue weighted by Crippen LogP contribution is -2.48. The zero-order chi connectivity index (χ0) is 22.4. The summed E-state index contributed by atoms with van der Waals surface area (Å²) in [6.07, 6.45) is 6.13. The quantitative estimate of drug-likeness (QED) is 0.711. The zero-order valence-corrected chi connectivity index (χ0v) is 19.7. The smallest absolute Gasteiger partial charge is 0.411 e. The summed E-state index contributed by atoms with van der Waals surface area (Å²) < 4.78 is 30.6. The second-order valence-electron chi connectivity index (χ2n) is 9.78. The molecule has 1 amide bonds. The van der Waals surface area contributed by atoms with Gasteiger partial charge >= 0.3 is 6.09 Å². The number of carbonyl (C=O) groups excluding carboxylic acids is 1. The maximum atomic E-state index is 12.7. The van der Waals surface area contributed by atoms with Crippen LogP contribution in [0.1, 0.15) is 45.6 Å². The summed E-state index contributed by atoms with van der Waals surface area (Å²) in [5, 5.41) is 0. The largest absolute Gasteiger partial charge is 0.444 e. The number of nitrogens with zero attached hydrogens (tertiary/aromatic N) is 3. The van der Waals surface area contributed by atoms with Crippen LogP contribution in [0.2, 0.25) is 0 Å². The first kappa shape index (κ1) is 22.1. The lowest BCUT2D eigenvalue weighted by Gasteiger charge is -2.36. The summed E-state index contributed by atoms with van der Waals surface area (Å²) in [6, 6.07) is 8.83. The molecule has 2 fully saturated rings. The van der Waals surface area contributed by atoms with Crippen molar-refractivity contribution in [3.63, 3.8) is 0 Å². The zero-order valence-electron chi connectivity index (χ0n) is 18.9. The highest BCUT2D eigenvalue weighted by Gasteiger charge is 2.41. The fourth-order valence-corrected chi connectivity index (χ4v) is 5.63. The fraction of sp³-hybridized carbons (Fsp3) is 0.609. The third-order valence-electron chi connectivity index (χ3n) is 6.31. The number of ether oxygens (including phenoxy) is 1. The van der Waals surface area contributed by atoms with Crippen LogP contribution in [-0.2, 0) is 14.8 Å². The van der Waals surface area contributed by atoms with E-state index in [0.29, 0.717) is 26.2 Å². The van der Waals surface area contributed by atoms with Crippen molar-refractivity contribution in [3.05, 3.63) is 35.9 Å². The van der Waals surface area contributed by atoms with Crippen LogP contribution in [0.4, 0.5) is 10.5 Å². The van der Waals surface area contributed by atoms with Crippen LogP contribution in [-0.4, -0.2) is 73.8 Å². The predicted molar refractivity (Wildman–Crippen MR) is 123 cm³/mol. The van der Waals surface area contributed by atoms with Gasteiger partial charge in [0.15, 0.2) is 0 Å². The highest BCUT2D eigenvalue weighted by molar-refractivity contribution is 7.88. The van der Waals surface area contributed by atoms with Gasteiger partial charge < -0.3 is 9.64 Å². The maximum Gasteiger partial charge on any atom is 0.411 e. The molecule has 1 aromatic carbocycles. The lowest BCUT2D eigenvalue weighted by molar-refractivity contribution is 0.0175. The van der Waals surface area contributed by atoms with Gasteiger partial charge in [-0.3, -0.25) is 4.90 Å². The molecule has 0 spiro atoms. The molecule has 3 aliphatic rings. The molecule has 2 bridgehead atoms. The van der Waals surface area contributed by atoms with Crippen molar-refractivity contribution >= 4 is 27.4 Å². The topological polar surface area (TPSA) is 70.2 Å². The number of anilines is 1. The molecular weight excluding hydrogens is 414 g/mol. The molecule has 0 aromatic heterocycles. The van der Waals surface area contributed by atoms with Crippen molar-refractivity contribution in [2.24, 2.45) is 0 Å². The third-order valence-corrected chi connectivity index (χ3v) is 7.61. The molecule has 170 valence electrons. The molecule has 0 radical (unpaired) electrons. The number of amides is 1. The number of carbonyl (C=O) groups is 1. The first-order valence-electron chi connectivity index (χ1n) is 11.0. The average molecular weight is 448 g/mol. The molecule has 7 nitrogen and oxygen atoms in total. The summed E-state index contributed by atoms with van der Waals surface area (Å²) in [4.78, 5) is 16.8. The van der Waals surface area contributed by atoms with Crippen LogP contribution in [0.5, 0.6) is 0 Å². The molecule has 4 rings (SSSR count). The predicted octanol–water partition coefficient (Wildman–Crippen LogP) is 3.32. The van der Waals surface area contributed by atoms with Gasteiger partial charge in [-0.1, -0.05) is 18.2 Å². The number of hydrogen-bond acceptors (Lipinski definition) is 5. The normalized spacial score (nSPS) is 24.8. The van der Waals surface area contributed by atoms with Crippen molar-refractivity contribution in [3.8, 4) is 0 Å². The number of rotatable bonds is 3. The van der Waals surface area contributed by atoms with Gasteiger partial charge in [-0.15, -0.1) is 0 Å². The second kappa shape index (κ2) is 8.13. The number of piperazine rings is 1. The molecule has 0 N–H and O–H groups in total. The van der Waals surface area contributed by atoms with Crippen molar-refractivity contribution in [1.29, 1.82) is 0 Å². The Morgan fingerprint density at radius 3 is 2.23 bits per heavy atom. The van der Waals surface area contributed by atoms with Gasteiger partial charge in [-0.25, -0.2) is 13.2 Å². The Morgan fingerprint density at radius 1 is 1.03 bits per heavy atom. The van der Waals surface area contributed by atoms with Crippen LogP contribution in [0.3, 0.4) is 0 Å². The standard InChI is InChI=1S/C23H33N3O4S/c1-23(2,3)30-22(27)26-20-9-10-21(26)16-18(15-20)17-5-7-19(8-6-17)24-11-13-25(14-12-24)31(4,28)29/h5-8,15,20-21H,9-14,16H2,1-4H3. The van der Waals surface area contributed by atoms with Crippen molar-refractivity contribution in [1.82, 2.24) is 9.21 Å². The molecule has 1 aromatic rings. The Morgan fingerprint density at radius 2 is 1.68 bits per heavy atom. The van der Waals surface area contributed by atoms with Gasteiger partial charge in [0.1, 0.15) is 5.60 Å². The van der Waals surface area contributed by atoms with Crippen LogP contribution < -0.4 is 4.90 Å². The molecule has 3 heterocycles. The number of fused-ring (bicyclic) bond motifs is 2. The van der Waals surface area contributed by atoms with Gasteiger partial charge in [-0.05, 0) is 63.3 Å². The van der Waals surface area contributed by atoms with E-state index in [1.54, 1.807) is 0 Å². The van der Waals surface area contributed by atoms with E-state index in [0.717, 1.165) is 24.9 Å². The van der Waals surface area contributed by atoms with E-state index in [2.05, 4.69) is 35.2 Å². The number of sulfonamides is 1. The lowest BCUT2D eigenvalue weighted by atomic mass is 9.94. The average Bonchev–Trinajstić information content (AvgIpc) is 2.96.